The highest BCUT2D eigenvalue weighted by Gasteiger charge is 2.28. The average Bonchev–Trinajstić information content (AvgIpc) is 2.72. The van der Waals surface area contributed by atoms with E-state index < -0.39 is 4.92 Å². The van der Waals surface area contributed by atoms with Crippen LogP contribution in [0.1, 0.15) is 28.8 Å². The van der Waals surface area contributed by atoms with Gasteiger partial charge in [-0.25, -0.2) is 0 Å². The van der Waals surface area contributed by atoms with Gasteiger partial charge in [0.2, 0.25) is 5.91 Å². The van der Waals surface area contributed by atoms with Gasteiger partial charge in [0.05, 0.1) is 4.92 Å². The third kappa shape index (κ3) is 5.25. The van der Waals surface area contributed by atoms with E-state index in [-0.39, 0.29) is 23.4 Å². The second-order valence-corrected chi connectivity index (χ2v) is 7.67. The van der Waals surface area contributed by atoms with Gasteiger partial charge >= 0.3 is 0 Å². The summed E-state index contributed by atoms with van der Waals surface area (Å²) in [6.07, 6.45) is 1.11. The van der Waals surface area contributed by atoms with Crippen LogP contribution < -0.4 is 5.32 Å². The number of nitro groups is 1. The Bertz CT molecular complexity index is 926. The van der Waals surface area contributed by atoms with Crippen molar-refractivity contribution < 1.29 is 14.5 Å². The first-order valence-corrected chi connectivity index (χ1v) is 9.86. The lowest BCUT2D eigenvalue weighted by Gasteiger charge is -2.31. The van der Waals surface area contributed by atoms with E-state index in [1.54, 1.807) is 23.1 Å². The number of nitrogens with zero attached hydrogens (tertiary/aromatic N) is 2. The van der Waals surface area contributed by atoms with Crippen LogP contribution in [0.2, 0.25) is 10.0 Å². The fourth-order valence-electron chi connectivity index (χ4n) is 3.24. The highest BCUT2D eigenvalue weighted by Crippen LogP contribution is 2.23. The Kier molecular flexibility index (Phi) is 6.71. The second-order valence-electron chi connectivity index (χ2n) is 6.82. The molecule has 0 radical (unpaired) electrons. The van der Waals surface area contributed by atoms with E-state index in [4.69, 9.17) is 23.2 Å². The maximum Gasteiger partial charge on any atom is 0.269 e. The normalized spacial score (nSPS) is 14.5. The molecule has 1 N–H and O–H groups in total. The van der Waals surface area contributed by atoms with Crippen LogP contribution in [0.15, 0.2) is 42.5 Å². The third-order valence-corrected chi connectivity index (χ3v) is 5.53. The molecule has 152 valence electrons. The van der Waals surface area contributed by atoms with Gasteiger partial charge in [-0.05, 0) is 42.7 Å². The lowest BCUT2D eigenvalue weighted by Crippen LogP contribution is -2.42. The fraction of sp³-hybridized carbons (Fsp3) is 0.300. The Morgan fingerprint density at radius 3 is 2.34 bits per heavy atom. The lowest BCUT2D eigenvalue weighted by atomic mass is 9.95. The number of non-ortho nitro benzene ring substituents is 1. The Morgan fingerprint density at radius 2 is 1.76 bits per heavy atom. The van der Waals surface area contributed by atoms with Crippen LogP contribution in [-0.2, 0) is 11.3 Å². The highest BCUT2D eigenvalue weighted by atomic mass is 35.5. The number of nitro benzene ring substituents is 1. The monoisotopic (exact) mass is 435 g/mol. The topological polar surface area (TPSA) is 92.6 Å². The summed E-state index contributed by atoms with van der Waals surface area (Å²) in [6, 6.07) is 10.7. The minimum Gasteiger partial charge on any atom is -0.352 e. The van der Waals surface area contributed by atoms with Gasteiger partial charge in [0.25, 0.3) is 11.6 Å². The first-order chi connectivity index (χ1) is 13.8. The molecule has 0 aromatic heterocycles. The maximum absolute atomic E-state index is 12.6. The van der Waals surface area contributed by atoms with E-state index >= 15 is 0 Å². The summed E-state index contributed by atoms with van der Waals surface area (Å²) in [5.41, 5.74) is 1.13. The van der Waals surface area contributed by atoms with Crippen LogP contribution >= 0.6 is 23.2 Å². The maximum atomic E-state index is 12.6. The van der Waals surface area contributed by atoms with Crippen molar-refractivity contribution in [2.24, 2.45) is 5.92 Å². The highest BCUT2D eigenvalue weighted by molar-refractivity contribution is 6.35. The smallest absolute Gasteiger partial charge is 0.269 e. The third-order valence-electron chi connectivity index (χ3n) is 4.95. The largest absolute Gasteiger partial charge is 0.352 e. The van der Waals surface area contributed by atoms with Crippen molar-refractivity contribution in [3.63, 3.8) is 0 Å². The van der Waals surface area contributed by atoms with Gasteiger partial charge in [-0.2, -0.15) is 0 Å². The molecule has 1 heterocycles. The van der Waals surface area contributed by atoms with E-state index in [2.05, 4.69) is 5.32 Å². The van der Waals surface area contributed by atoms with Crippen molar-refractivity contribution >= 4 is 40.7 Å². The molecule has 0 spiro atoms. The molecule has 1 fully saturated rings. The molecular weight excluding hydrogens is 417 g/mol. The Hall–Kier alpha value is -2.64. The first kappa shape index (κ1) is 21.1. The number of nitrogens with one attached hydrogen (secondary N) is 1. The number of likely N-dealkylation sites (tertiary alicyclic amines) is 1. The molecule has 0 aliphatic carbocycles. The molecule has 0 atom stereocenters. The summed E-state index contributed by atoms with van der Waals surface area (Å²) < 4.78 is 0. The zero-order valence-electron chi connectivity index (χ0n) is 15.4. The lowest BCUT2D eigenvalue weighted by molar-refractivity contribution is -0.384. The standard InChI is InChI=1S/C20H19Cl2N3O4/c21-16-4-1-15(18(22)11-16)12-23-19(26)13-7-9-24(10-8-13)20(27)14-2-5-17(6-3-14)25(28)29/h1-6,11,13H,7-10,12H2,(H,23,26). The molecule has 2 amide bonds. The van der Waals surface area contributed by atoms with Crippen molar-refractivity contribution in [3.8, 4) is 0 Å². The molecule has 2 aromatic carbocycles. The molecule has 2 aromatic rings. The van der Waals surface area contributed by atoms with Crippen LogP contribution in [0, 0.1) is 16.0 Å². The minimum atomic E-state index is -0.504. The number of hydrogen-bond donors (Lipinski definition) is 1. The molecule has 7 nitrogen and oxygen atoms in total. The number of piperidine rings is 1. The SMILES string of the molecule is O=C(NCc1ccc(Cl)cc1Cl)C1CCN(C(=O)c2ccc([N+](=O)[O-])cc2)CC1. The number of amides is 2. The molecule has 0 bridgehead atoms. The molecular formula is C20H19Cl2N3O4. The number of carbonyl (C=O) groups is 2. The van der Waals surface area contributed by atoms with Crippen LogP contribution in [0.3, 0.4) is 0 Å². The molecule has 0 unspecified atom stereocenters. The molecule has 29 heavy (non-hydrogen) atoms. The van der Waals surface area contributed by atoms with Gasteiger partial charge in [0.15, 0.2) is 0 Å². The summed E-state index contributed by atoms with van der Waals surface area (Å²) in [4.78, 5) is 36.9. The fourth-order valence-corrected chi connectivity index (χ4v) is 3.72. The summed E-state index contributed by atoms with van der Waals surface area (Å²) in [5.74, 6) is -0.438. The molecule has 1 aliphatic heterocycles. The van der Waals surface area contributed by atoms with Crippen molar-refractivity contribution in [1.29, 1.82) is 0 Å². The van der Waals surface area contributed by atoms with E-state index in [0.717, 1.165) is 5.56 Å². The Morgan fingerprint density at radius 1 is 1.10 bits per heavy atom. The molecule has 1 saturated heterocycles. The summed E-state index contributed by atoms with van der Waals surface area (Å²) in [7, 11) is 0. The number of carbonyl (C=O) groups excluding carboxylic acids is 2. The molecule has 9 heteroatoms. The molecule has 3 rings (SSSR count). The van der Waals surface area contributed by atoms with Crippen LogP contribution in [0.25, 0.3) is 0 Å². The summed E-state index contributed by atoms with van der Waals surface area (Å²) in [5, 5.41) is 14.6. The summed E-state index contributed by atoms with van der Waals surface area (Å²) in [6.45, 7) is 1.22. The number of halogens is 2. The molecule has 1 aliphatic rings. The average molecular weight is 436 g/mol. The van der Waals surface area contributed by atoms with Gasteiger partial charge in [-0.3, -0.25) is 19.7 Å². The van der Waals surface area contributed by atoms with Crippen molar-refractivity contribution in [2.45, 2.75) is 19.4 Å². The minimum absolute atomic E-state index is 0.0577. The number of benzene rings is 2. The van der Waals surface area contributed by atoms with E-state index in [0.29, 0.717) is 48.1 Å². The second kappa shape index (κ2) is 9.24. The molecule has 0 saturated carbocycles. The van der Waals surface area contributed by atoms with Crippen molar-refractivity contribution in [1.82, 2.24) is 10.2 Å². The Labute approximate surface area is 177 Å². The van der Waals surface area contributed by atoms with E-state index in [9.17, 15) is 19.7 Å². The van der Waals surface area contributed by atoms with Crippen molar-refractivity contribution in [3.05, 3.63) is 73.8 Å². The van der Waals surface area contributed by atoms with Gasteiger partial charge < -0.3 is 10.2 Å². The van der Waals surface area contributed by atoms with Gasteiger partial charge in [-0.15, -0.1) is 0 Å². The van der Waals surface area contributed by atoms with Gasteiger partial charge in [0.1, 0.15) is 0 Å². The Balaban J connectivity index is 1.50. The zero-order valence-corrected chi connectivity index (χ0v) is 16.9. The van der Waals surface area contributed by atoms with Gasteiger partial charge in [0, 0.05) is 53.3 Å². The van der Waals surface area contributed by atoms with E-state index in [1.165, 1.54) is 24.3 Å². The van der Waals surface area contributed by atoms with Crippen LogP contribution in [-0.4, -0.2) is 34.7 Å². The van der Waals surface area contributed by atoms with Gasteiger partial charge in [-0.1, -0.05) is 29.3 Å². The zero-order chi connectivity index (χ0) is 21.0. The number of rotatable bonds is 5. The predicted octanol–water partition coefficient (Wildman–Crippen LogP) is 4.07. The van der Waals surface area contributed by atoms with Crippen LogP contribution in [0.4, 0.5) is 5.69 Å². The van der Waals surface area contributed by atoms with E-state index in [1.807, 2.05) is 0 Å². The van der Waals surface area contributed by atoms with Crippen LogP contribution in [0.5, 0.6) is 0 Å². The predicted molar refractivity (Wildman–Crippen MR) is 110 cm³/mol. The summed E-state index contributed by atoms with van der Waals surface area (Å²) >= 11 is 12.0. The quantitative estimate of drug-likeness (QED) is 0.565. The van der Waals surface area contributed by atoms with Crippen molar-refractivity contribution in [2.75, 3.05) is 13.1 Å². The number of hydrogen-bond acceptors (Lipinski definition) is 4. The first-order valence-electron chi connectivity index (χ1n) is 9.10.